The number of nitrogens with two attached hydrogens (primary N) is 1. The van der Waals surface area contributed by atoms with Crippen LogP contribution in [0.4, 0.5) is 0 Å². The minimum absolute atomic E-state index is 0.0379. The van der Waals surface area contributed by atoms with Crippen LogP contribution in [-0.2, 0) is 28.8 Å². The van der Waals surface area contributed by atoms with Gasteiger partial charge in [0.15, 0.2) is 0 Å². The number of carboxylic acids is 3. The third-order valence-electron chi connectivity index (χ3n) is 4.37. The molecule has 0 radical (unpaired) electrons. The number of hydrogen-bond acceptors (Lipinski definition) is 7. The molecular weight excluding hydrogens is 428 g/mol. The van der Waals surface area contributed by atoms with Gasteiger partial charge in [0.2, 0.25) is 17.7 Å². The Hall–Kier alpha value is -3.22. The lowest BCUT2D eigenvalue weighted by Crippen LogP contribution is -2.58. The normalized spacial score (nSPS) is 14.7. The smallest absolute Gasteiger partial charge is 0.326 e. The summed E-state index contributed by atoms with van der Waals surface area (Å²) in [6.45, 7) is 6.76. The van der Waals surface area contributed by atoms with Gasteiger partial charge in [0, 0.05) is 0 Å². The van der Waals surface area contributed by atoms with Gasteiger partial charge >= 0.3 is 17.9 Å². The van der Waals surface area contributed by atoms with Gasteiger partial charge in [-0.05, 0) is 18.3 Å². The minimum Gasteiger partial charge on any atom is -0.481 e. The summed E-state index contributed by atoms with van der Waals surface area (Å²) in [5.74, 6) is -7.55. The SMILES string of the molecule is CC(C)CC(NC(=O)C(CC(=O)O)NC(=O)C(N)C(C)C)C(=O)NC(CC(=O)O)C(=O)O. The summed E-state index contributed by atoms with van der Waals surface area (Å²) in [7, 11) is 0. The molecule has 0 rings (SSSR count). The Bertz CT molecular complexity index is 724. The molecule has 0 aromatic rings. The van der Waals surface area contributed by atoms with E-state index >= 15 is 0 Å². The van der Waals surface area contributed by atoms with Gasteiger partial charge in [0.05, 0.1) is 18.9 Å². The molecule has 13 nitrogen and oxygen atoms in total. The second-order valence-electron chi connectivity index (χ2n) is 8.12. The monoisotopic (exact) mass is 460 g/mol. The predicted molar refractivity (Wildman–Crippen MR) is 110 cm³/mol. The van der Waals surface area contributed by atoms with Gasteiger partial charge in [0.25, 0.3) is 0 Å². The van der Waals surface area contributed by atoms with Gasteiger partial charge in [-0.25, -0.2) is 4.79 Å². The van der Waals surface area contributed by atoms with E-state index in [4.69, 9.17) is 21.1 Å². The lowest BCUT2D eigenvalue weighted by atomic mass is 10.0. The Labute approximate surface area is 185 Å². The van der Waals surface area contributed by atoms with Crippen LogP contribution in [0.5, 0.6) is 0 Å². The summed E-state index contributed by atoms with van der Waals surface area (Å²) < 4.78 is 0. The zero-order valence-corrected chi connectivity index (χ0v) is 18.5. The summed E-state index contributed by atoms with van der Waals surface area (Å²) in [6, 6.07) is -5.57. The fourth-order valence-corrected chi connectivity index (χ4v) is 2.58. The Morgan fingerprint density at radius 3 is 1.50 bits per heavy atom. The molecule has 4 atom stereocenters. The molecule has 8 N–H and O–H groups in total. The molecule has 0 aromatic carbocycles. The minimum atomic E-state index is -1.73. The fraction of sp³-hybridized carbons (Fsp3) is 0.684. The number of amides is 3. The van der Waals surface area contributed by atoms with Crippen LogP contribution in [0, 0.1) is 11.8 Å². The van der Waals surface area contributed by atoms with E-state index in [2.05, 4.69) is 16.0 Å². The van der Waals surface area contributed by atoms with E-state index in [1.54, 1.807) is 27.7 Å². The molecule has 0 aromatic heterocycles. The van der Waals surface area contributed by atoms with Crippen LogP contribution in [0.2, 0.25) is 0 Å². The first-order chi connectivity index (χ1) is 14.6. The molecular formula is C19H32N4O9. The highest BCUT2D eigenvalue weighted by molar-refractivity contribution is 5.96. The van der Waals surface area contributed by atoms with E-state index in [0.717, 1.165) is 0 Å². The molecule has 32 heavy (non-hydrogen) atoms. The number of hydrogen-bond donors (Lipinski definition) is 7. The van der Waals surface area contributed by atoms with Crippen molar-refractivity contribution in [2.75, 3.05) is 0 Å². The Morgan fingerprint density at radius 2 is 1.09 bits per heavy atom. The van der Waals surface area contributed by atoms with Crippen molar-refractivity contribution in [1.29, 1.82) is 0 Å². The van der Waals surface area contributed by atoms with Crippen LogP contribution in [0.3, 0.4) is 0 Å². The average molecular weight is 460 g/mol. The summed E-state index contributed by atoms with van der Waals surface area (Å²) in [5.41, 5.74) is 5.72. The van der Waals surface area contributed by atoms with Gasteiger partial charge in [-0.15, -0.1) is 0 Å². The average Bonchev–Trinajstić information content (AvgIpc) is 2.64. The summed E-state index contributed by atoms with van der Waals surface area (Å²) in [4.78, 5) is 70.6. The van der Waals surface area contributed by atoms with E-state index in [-0.39, 0.29) is 18.3 Å². The molecule has 0 aliphatic rings. The fourth-order valence-electron chi connectivity index (χ4n) is 2.58. The lowest BCUT2D eigenvalue weighted by Gasteiger charge is -2.25. The van der Waals surface area contributed by atoms with Crippen molar-refractivity contribution in [1.82, 2.24) is 16.0 Å². The number of carboxylic acid groups (broad SMARTS) is 3. The number of nitrogens with one attached hydrogen (secondary N) is 3. The van der Waals surface area contributed by atoms with Gasteiger partial charge in [-0.1, -0.05) is 27.7 Å². The van der Waals surface area contributed by atoms with Crippen molar-refractivity contribution >= 4 is 35.6 Å². The number of carbonyl (C=O) groups excluding carboxylic acids is 3. The number of aliphatic carboxylic acids is 3. The second kappa shape index (κ2) is 13.2. The van der Waals surface area contributed by atoms with Crippen molar-refractivity contribution in [3.05, 3.63) is 0 Å². The first-order valence-electron chi connectivity index (χ1n) is 9.98. The van der Waals surface area contributed by atoms with E-state index < -0.39 is 72.6 Å². The number of rotatable bonds is 14. The highest BCUT2D eigenvalue weighted by Crippen LogP contribution is 2.08. The molecule has 0 heterocycles. The van der Waals surface area contributed by atoms with Crippen LogP contribution < -0.4 is 21.7 Å². The van der Waals surface area contributed by atoms with E-state index in [9.17, 15) is 28.8 Å². The maximum Gasteiger partial charge on any atom is 0.326 e. The molecule has 4 unspecified atom stereocenters. The molecule has 0 fully saturated rings. The topological polar surface area (TPSA) is 225 Å². The van der Waals surface area contributed by atoms with Crippen LogP contribution >= 0.6 is 0 Å². The third-order valence-corrected chi connectivity index (χ3v) is 4.37. The number of carbonyl (C=O) groups is 6. The van der Waals surface area contributed by atoms with E-state index in [0.29, 0.717) is 0 Å². The zero-order chi connectivity index (χ0) is 25.2. The van der Waals surface area contributed by atoms with Crippen molar-refractivity contribution in [2.45, 2.75) is 71.1 Å². The molecule has 0 saturated carbocycles. The first-order valence-corrected chi connectivity index (χ1v) is 9.98. The lowest BCUT2D eigenvalue weighted by molar-refractivity contribution is -0.147. The zero-order valence-electron chi connectivity index (χ0n) is 18.5. The van der Waals surface area contributed by atoms with Crippen LogP contribution in [0.15, 0.2) is 0 Å². The van der Waals surface area contributed by atoms with Crippen molar-refractivity contribution in [3.63, 3.8) is 0 Å². The molecule has 13 heteroatoms. The van der Waals surface area contributed by atoms with Crippen LogP contribution in [0.25, 0.3) is 0 Å². The Balaban J connectivity index is 5.56. The van der Waals surface area contributed by atoms with Crippen LogP contribution in [-0.4, -0.2) is 75.1 Å². The highest BCUT2D eigenvalue weighted by Gasteiger charge is 2.32. The molecule has 0 spiro atoms. The predicted octanol–water partition coefficient (Wildman–Crippen LogP) is -1.50. The van der Waals surface area contributed by atoms with Crippen molar-refractivity contribution < 1.29 is 44.1 Å². The maximum absolute atomic E-state index is 12.7. The first kappa shape index (κ1) is 28.8. The highest BCUT2D eigenvalue weighted by atomic mass is 16.4. The second-order valence-corrected chi connectivity index (χ2v) is 8.12. The van der Waals surface area contributed by atoms with E-state index in [1.807, 2.05) is 0 Å². The van der Waals surface area contributed by atoms with Gasteiger partial charge in [-0.3, -0.25) is 24.0 Å². The quantitative estimate of drug-likeness (QED) is 0.159. The third kappa shape index (κ3) is 10.7. The molecule has 0 aliphatic heterocycles. The van der Waals surface area contributed by atoms with Gasteiger partial charge in [-0.2, -0.15) is 0 Å². The van der Waals surface area contributed by atoms with Crippen molar-refractivity contribution in [2.24, 2.45) is 17.6 Å². The summed E-state index contributed by atoms with van der Waals surface area (Å²) in [5, 5.41) is 33.6. The molecule has 0 aliphatic carbocycles. The largest absolute Gasteiger partial charge is 0.481 e. The van der Waals surface area contributed by atoms with Gasteiger partial charge < -0.3 is 37.0 Å². The van der Waals surface area contributed by atoms with E-state index in [1.165, 1.54) is 0 Å². The molecule has 0 saturated heterocycles. The molecule has 182 valence electrons. The van der Waals surface area contributed by atoms with Gasteiger partial charge in [0.1, 0.15) is 18.1 Å². The maximum atomic E-state index is 12.7. The van der Waals surface area contributed by atoms with Crippen LogP contribution in [0.1, 0.15) is 47.0 Å². The molecule has 3 amide bonds. The summed E-state index contributed by atoms with van der Waals surface area (Å²) >= 11 is 0. The standard InChI is InChI=1S/C19H32N4O9/c1-8(2)5-10(16(28)23-12(19(31)32)7-14(26)27)21-17(29)11(6-13(24)25)22-18(30)15(20)9(3)4/h8-12,15H,5-7,20H2,1-4H3,(H,21,29)(H,22,30)(H,23,28)(H,24,25)(H,26,27)(H,31,32). The molecule has 0 bridgehead atoms. The Morgan fingerprint density at radius 1 is 0.688 bits per heavy atom. The summed E-state index contributed by atoms with van der Waals surface area (Å²) in [6.07, 6.45) is -1.63. The van der Waals surface area contributed by atoms with Crippen molar-refractivity contribution in [3.8, 4) is 0 Å². The Kier molecular flexibility index (Phi) is 11.9.